The third-order valence-electron chi connectivity index (χ3n) is 3.96. The SMILES string of the molecule is CCOC(=O)C1(C)CCC(C)C(C)=C1C. The van der Waals surface area contributed by atoms with Crippen LogP contribution in [0.2, 0.25) is 0 Å². The molecule has 0 bridgehead atoms. The number of carbonyl (C=O) groups excluding carboxylic acids is 1. The van der Waals surface area contributed by atoms with Crippen molar-refractivity contribution in [2.75, 3.05) is 6.61 Å². The number of carbonyl (C=O) groups is 1. The van der Waals surface area contributed by atoms with Crippen LogP contribution >= 0.6 is 0 Å². The fourth-order valence-corrected chi connectivity index (χ4v) is 2.26. The maximum atomic E-state index is 11.9. The first-order valence-electron chi connectivity index (χ1n) is 5.78. The summed E-state index contributed by atoms with van der Waals surface area (Å²) in [7, 11) is 0. The highest BCUT2D eigenvalue weighted by molar-refractivity contribution is 5.80. The van der Waals surface area contributed by atoms with E-state index in [4.69, 9.17) is 4.74 Å². The molecular weight excluding hydrogens is 188 g/mol. The van der Waals surface area contributed by atoms with E-state index in [-0.39, 0.29) is 11.4 Å². The first kappa shape index (κ1) is 12.3. The molecule has 0 aromatic carbocycles. The zero-order valence-electron chi connectivity index (χ0n) is 10.5. The zero-order chi connectivity index (χ0) is 11.6. The van der Waals surface area contributed by atoms with E-state index in [1.807, 2.05) is 13.8 Å². The Hall–Kier alpha value is -0.790. The summed E-state index contributed by atoms with van der Waals surface area (Å²) in [4.78, 5) is 11.9. The lowest BCUT2D eigenvalue weighted by Gasteiger charge is -2.36. The van der Waals surface area contributed by atoms with Gasteiger partial charge in [-0.25, -0.2) is 0 Å². The van der Waals surface area contributed by atoms with Crippen molar-refractivity contribution in [3.8, 4) is 0 Å². The zero-order valence-corrected chi connectivity index (χ0v) is 10.5. The number of rotatable bonds is 2. The fraction of sp³-hybridized carbons (Fsp3) is 0.769. The van der Waals surface area contributed by atoms with Gasteiger partial charge in [-0.3, -0.25) is 4.79 Å². The summed E-state index contributed by atoms with van der Waals surface area (Å²) in [5.74, 6) is 0.543. The predicted molar refractivity (Wildman–Crippen MR) is 61.5 cm³/mol. The molecule has 2 nitrogen and oxygen atoms in total. The molecule has 0 saturated carbocycles. The maximum absolute atomic E-state index is 11.9. The van der Waals surface area contributed by atoms with Gasteiger partial charge in [-0.1, -0.05) is 18.1 Å². The normalized spacial score (nSPS) is 31.7. The van der Waals surface area contributed by atoms with Gasteiger partial charge in [-0.2, -0.15) is 0 Å². The van der Waals surface area contributed by atoms with Crippen LogP contribution in [0, 0.1) is 11.3 Å². The number of allylic oxidation sites excluding steroid dienone is 1. The third-order valence-corrected chi connectivity index (χ3v) is 3.96. The van der Waals surface area contributed by atoms with Gasteiger partial charge in [0.2, 0.25) is 0 Å². The van der Waals surface area contributed by atoms with E-state index < -0.39 is 0 Å². The van der Waals surface area contributed by atoms with Gasteiger partial charge in [0.15, 0.2) is 0 Å². The van der Waals surface area contributed by atoms with Gasteiger partial charge in [-0.05, 0) is 46.5 Å². The van der Waals surface area contributed by atoms with Crippen LogP contribution in [0.25, 0.3) is 0 Å². The minimum Gasteiger partial charge on any atom is -0.465 e. The van der Waals surface area contributed by atoms with Gasteiger partial charge >= 0.3 is 5.97 Å². The molecule has 1 aliphatic rings. The lowest BCUT2D eigenvalue weighted by atomic mass is 9.69. The summed E-state index contributed by atoms with van der Waals surface area (Å²) in [5.41, 5.74) is 2.18. The smallest absolute Gasteiger partial charge is 0.315 e. The second-order valence-corrected chi connectivity index (χ2v) is 4.80. The van der Waals surface area contributed by atoms with E-state index in [0.717, 1.165) is 12.8 Å². The van der Waals surface area contributed by atoms with Crippen molar-refractivity contribution >= 4 is 5.97 Å². The summed E-state index contributed by atoms with van der Waals surface area (Å²) in [5, 5.41) is 0. The summed E-state index contributed by atoms with van der Waals surface area (Å²) in [6.45, 7) is 10.8. The Balaban J connectivity index is 2.99. The molecule has 2 atom stereocenters. The first-order chi connectivity index (χ1) is 6.93. The molecule has 2 heteroatoms. The lowest BCUT2D eigenvalue weighted by Crippen LogP contribution is -2.35. The van der Waals surface area contributed by atoms with Gasteiger partial charge in [0.1, 0.15) is 0 Å². The summed E-state index contributed by atoms with van der Waals surface area (Å²) in [6.07, 6.45) is 1.99. The minimum atomic E-state index is -0.382. The molecule has 2 unspecified atom stereocenters. The van der Waals surface area contributed by atoms with Crippen LogP contribution in [0.4, 0.5) is 0 Å². The number of hydrogen-bond donors (Lipinski definition) is 0. The number of ether oxygens (including phenoxy) is 1. The molecule has 0 spiro atoms. The molecule has 86 valence electrons. The second kappa shape index (κ2) is 4.38. The van der Waals surface area contributed by atoms with Crippen LogP contribution in [0.5, 0.6) is 0 Å². The maximum Gasteiger partial charge on any atom is 0.315 e. The third kappa shape index (κ3) is 2.09. The Kier molecular flexibility index (Phi) is 3.58. The molecule has 0 amide bonds. The molecule has 1 aliphatic carbocycles. The van der Waals surface area contributed by atoms with Crippen molar-refractivity contribution in [1.29, 1.82) is 0 Å². The van der Waals surface area contributed by atoms with Gasteiger partial charge in [-0.15, -0.1) is 0 Å². The minimum absolute atomic E-state index is 0.0613. The quantitative estimate of drug-likeness (QED) is 0.516. The number of esters is 1. The Morgan fingerprint density at radius 2 is 2.13 bits per heavy atom. The highest BCUT2D eigenvalue weighted by Crippen LogP contribution is 2.43. The summed E-state index contributed by atoms with van der Waals surface area (Å²) < 4.78 is 5.17. The molecule has 0 aromatic heterocycles. The molecule has 0 heterocycles. The molecule has 0 fully saturated rings. The number of hydrogen-bond acceptors (Lipinski definition) is 2. The van der Waals surface area contributed by atoms with E-state index >= 15 is 0 Å². The topological polar surface area (TPSA) is 26.3 Å². The van der Waals surface area contributed by atoms with Gasteiger partial charge in [0.05, 0.1) is 12.0 Å². The van der Waals surface area contributed by atoms with E-state index in [2.05, 4.69) is 20.8 Å². The predicted octanol–water partition coefficient (Wildman–Crippen LogP) is 3.32. The lowest BCUT2D eigenvalue weighted by molar-refractivity contribution is -0.153. The molecule has 0 saturated heterocycles. The highest BCUT2D eigenvalue weighted by Gasteiger charge is 2.40. The van der Waals surface area contributed by atoms with Crippen molar-refractivity contribution in [2.24, 2.45) is 11.3 Å². The average Bonchev–Trinajstić information content (AvgIpc) is 2.21. The van der Waals surface area contributed by atoms with E-state index in [1.165, 1.54) is 11.1 Å². The molecule has 0 aliphatic heterocycles. The fourth-order valence-electron chi connectivity index (χ4n) is 2.26. The Bertz CT molecular complexity index is 291. The van der Waals surface area contributed by atoms with Crippen LogP contribution in [0.1, 0.15) is 47.5 Å². The van der Waals surface area contributed by atoms with Crippen LogP contribution in [0.3, 0.4) is 0 Å². The van der Waals surface area contributed by atoms with Crippen LogP contribution < -0.4 is 0 Å². The van der Waals surface area contributed by atoms with Crippen molar-refractivity contribution in [1.82, 2.24) is 0 Å². The van der Waals surface area contributed by atoms with Gasteiger partial charge in [0, 0.05) is 0 Å². The van der Waals surface area contributed by atoms with Crippen LogP contribution in [-0.4, -0.2) is 12.6 Å². The molecular formula is C13H22O2. The standard InChI is InChI=1S/C13H22O2/c1-6-15-12(14)13(5)8-7-9(2)10(3)11(13)4/h9H,6-8H2,1-5H3. The highest BCUT2D eigenvalue weighted by atomic mass is 16.5. The molecule has 15 heavy (non-hydrogen) atoms. The Morgan fingerprint density at radius 3 is 2.67 bits per heavy atom. The van der Waals surface area contributed by atoms with E-state index in [0.29, 0.717) is 12.5 Å². The van der Waals surface area contributed by atoms with Crippen molar-refractivity contribution in [3.05, 3.63) is 11.1 Å². The molecule has 0 N–H and O–H groups in total. The van der Waals surface area contributed by atoms with Crippen molar-refractivity contribution < 1.29 is 9.53 Å². The summed E-state index contributed by atoms with van der Waals surface area (Å²) >= 11 is 0. The second-order valence-electron chi connectivity index (χ2n) is 4.80. The average molecular weight is 210 g/mol. The monoisotopic (exact) mass is 210 g/mol. The van der Waals surface area contributed by atoms with Crippen LogP contribution in [0.15, 0.2) is 11.1 Å². The Labute approximate surface area is 92.7 Å². The molecule has 1 rings (SSSR count). The molecule has 0 aromatic rings. The molecule has 0 radical (unpaired) electrons. The Morgan fingerprint density at radius 1 is 1.53 bits per heavy atom. The van der Waals surface area contributed by atoms with E-state index in [9.17, 15) is 4.79 Å². The van der Waals surface area contributed by atoms with Crippen molar-refractivity contribution in [2.45, 2.75) is 47.5 Å². The van der Waals surface area contributed by atoms with Crippen molar-refractivity contribution in [3.63, 3.8) is 0 Å². The summed E-state index contributed by atoms with van der Waals surface area (Å²) in [6, 6.07) is 0. The van der Waals surface area contributed by atoms with E-state index in [1.54, 1.807) is 0 Å². The van der Waals surface area contributed by atoms with Gasteiger partial charge in [0.25, 0.3) is 0 Å². The first-order valence-corrected chi connectivity index (χ1v) is 5.78. The largest absolute Gasteiger partial charge is 0.465 e. The van der Waals surface area contributed by atoms with Crippen LogP contribution in [-0.2, 0) is 9.53 Å². The van der Waals surface area contributed by atoms with Gasteiger partial charge < -0.3 is 4.74 Å².